The number of nitrogens with two attached hydrogens (primary N) is 1. The van der Waals surface area contributed by atoms with Gasteiger partial charge in [-0.2, -0.15) is 5.10 Å². The molecule has 0 bridgehead atoms. The molecule has 0 atom stereocenters. The number of anilines is 1. The van der Waals surface area contributed by atoms with Crippen LogP contribution in [-0.2, 0) is 7.05 Å². The normalized spacial score (nSPS) is 11.1. The monoisotopic (exact) mass is 233 g/mol. The van der Waals surface area contributed by atoms with Gasteiger partial charge in [0.25, 0.3) is 0 Å². The molecule has 1 aromatic heterocycles. The first-order chi connectivity index (χ1) is 8.02. The van der Waals surface area contributed by atoms with Crippen LogP contribution in [0.15, 0.2) is 24.3 Å². The fraction of sp³-hybridized carbons (Fsp3) is 0.308. The van der Waals surface area contributed by atoms with E-state index < -0.39 is 0 Å². The van der Waals surface area contributed by atoms with Gasteiger partial charge in [0, 0.05) is 18.2 Å². The van der Waals surface area contributed by atoms with Crippen LogP contribution >= 0.6 is 0 Å². The van der Waals surface area contributed by atoms with E-state index >= 15 is 0 Å². The molecule has 0 unspecified atom stereocenters. The first kappa shape index (κ1) is 11.6. The van der Waals surface area contributed by atoms with Gasteiger partial charge < -0.3 is 5.73 Å². The van der Waals surface area contributed by atoms with E-state index in [1.807, 2.05) is 19.9 Å². The summed E-state index contributed by atoms with van der Waals surface area (Å²) in [4.78, 5) is 0. The lowest BCUT2D eigenvalue weighted by Gasteiger charge is -2.10. The average Bonchev–Trinajstić information content (AvgIpc) is 2.54. The van der Waals surface area contributed by atoms with Crippen LogP contribution in [0, 0.1) is 5.82 Å². The van der Waals surface area contributed by atoms with Crippen molar-refractivity contribution in [3.05, 3.63) is 35.6 Å². The molecule has 0 aliphatic carbocycles. The Hall–Kier alpha value is -1.84. The van der Waals surface area contributed by atoms with Crippen molar-refractivity contribution in [1.29, 1.82) is 0 Å². The summed E-state index contributed by atoms with van der Waals surface area (Å²) in [5, 5.41) is 4.18. The predicted molar refractivity (Wildman–Crippen MR) is 67.1 cm³/mol. The van der Waals surface area contributed by atoms with E-state index in [2.05, 4.69) is 5.10 Å². The van der Waals surface area contributed by atoms with Crippen molar-refractivity contribution in [3.8, 4) is 11.3 Å². The summed E-state index contributed by atoms with van der Waals surface area (Å²) in [5.74, 6) is 0.427. The molecule has 17 heavy (non-hydrogen) atoms. The lowest BCUT2D eigenvalue weighted by atomic mass is 9.98. The first-order valence-corrected chi connectivity index (χ1v) is 5.59. The van der Waals surface area contributed by atoms with Crippen LogP contribution in [0.3, 0.4) is 0 Å². The zero-order valence-electron chi connectivity index (χ0n) is 10.2. The molecule has 2 N–H and O–H groups in total. The third-order valence-electron chi connectivity index (χ3n) is 2.82. The van der Waals surface area contributed by atoms with Gasteiger partial charge in [-0.25, -0.2) is 4.39 Å². The second-order valence-electron chi connectivity index (χ2n) is 4.41. The van der Waals surface area contributed by atoms with Crippen molar-refractivity contribution in [1.82, 2.24) is 9.78 Å². The van der Waals surface area contributed by atoms with Crippen LogP contribution in [0.4, 0.5) is 10.2 Å². The number of benzene rings is 1. The van der Waals surface area contributed by atoms with Crippen molar-refractivity contribution in [3.63, 3.8) is 0 Å². The number of nitrogens with zero attached hydrogens (tertiary/aromatic N) is 2. The van der Waals surface area contributed by atoms with E-state index in [0.29, 0.717) is 11.4 Å². The van der Waals surface area contributed by atoms with Gasteiger partial charge >= 0.3 is 0 Å². The lowest BCUT2D eigenvalue weighted by Crippen LogP contribution is -1.98. The van der Waals surface area contributed by atoms with Crippen LogP contribution < -0.4 is 5.73 Å². The minimum absolute atomic E-state index is 0.207. The molecule has 0 aliphatic rings. The molecule has 3 nitrogen and oxygen atoms in total. The van der Waals surface area contributed by atoms with Crippen LogP contribution in [0.25, 0.3) is 11.3 Å². The molecule has 2 aromatic rings. The molecule has 90 valence electrons. The molecule has 0 saturated heterocycles. The number of halogens is 1. The van der Waals surface area contributed by atoms with Gasteiger partial charge in [0.05, 0.1) is 5.69 Å². The number of hydrogen-bond acceptors (Lipinski definition) is 2. The first-order valence-electron chi connectivity index (χ1n) is 5.59. The summed E-state index contributed by atoms with van der Waals surface area (Å²) in [6, 6.07) is 6.68. The molecule has 0 saturated carbocycles. The lowest BCUT2D eigenvalue weighted by molar-refractivity contribution is 0.627. The number of nitrogen functional groups attached to an aromatic ring is 1. The van der Waals surface area contributed by atoms with Gasteiger partial charge in [0.1, 0.15) is 11.6 Å². The van der Waals surface area contributed by atoms with Gasteiger partial charge in [0.15, 0.2) is 0 Å². The zero-order valence-corrected chi connectivity index (χ0v) is 10.2. The van der Waals surface area contributed by atoms with Crippen LogP contribution in [0.5, 0.6) is 0 Å². The van der Waals surface area contributed by atoms with E-state index in [1.54, 1.807) is 23.9 Å². The summed E-state index contributed by atoms with van der Waals surface area (Å²) in [5.41, 5.74) is 8.08. The summed E-state index contributed by atoms with van der Waals surface area (Å²) in [6.45, 7) is 4.05. The second-order valence-corrected chi connectivity index (χ2v) is 4.41. The van der Waals surface area contributed by atoms with Gasteiger partial charge in [-0.05, 0) is 18.1 Å². The maximum Gasteiger partial charge on any atom is 0.149 e. The van der Waals surface area contributed by atoms with Gasteiger partial charge in [-0.1, -0.05) is 26.0 Å². The molecule has 0 spiro atoms. The summed E-state index contributed by atoms with van der Waals surface area (Å²) >= 11 is 0. The van der Waals surface area contributed by atoms with Crippen LogP contribution in [0.2, 0.25) is 0 Å². The topological polar surface area (TPSA) is 43.8 Å². The molecule has 4 heteroatoms. The summed E-state index contributed by atoms with van der Waals surface area (Å²) in [6.07, 6.45) is 0. The van der Waals surface area contributed by atoms with Crippen molar-refractivity contribution in [2.24, 2.45) is 7.05 Å². The average molecular weight is 233 g/mol. The molecular weight excluding hydrogens is 217 g/mol. The Morgan fingerprint density at radius 1 is 1.29 bits per heavy atom. The Morgan fingerprint density at radius 2 is 1.94 bits per heavy atom. The highest BCUT2D eigenvalue weighted by molar-refractivity contribution is 5.70. The van der Waals surface area contributed by atoms with Gasteiger partial charge in [0.2, 0.25) is 0 Å². The highest BCUT2D eigenvalue weighted by atomic mass is 19.1. The smallest absolute Gasteiger partial charge is 0.149 e. The van der Waals surface area contributed by atoms with Crippen LogP contribution in [-0.4, -0.2) is 9.78 Å². The molecular formula is C13H16FN3. The third-order valence-corrected chi connectivity index (χ3v) is 2.82. The molecule has 0 radical (unpaired) electrons. The molecule has 0 amide bonds. The fourth-order valence-corrected chi connectivity index (χ4v) is 2.10. The number of aryl methyl sites for hydroxylation is 1. The fourth-order valence-electron chi connectivity index (χ4n) is 2.10. The number of hydrogen-bond donors (Lipinski definition) is 1. The maximum atomic E-state index is 13.8. The molecule has 0 aliphatic heterocycles. The molecule has 1 aromatic carbocycles. The molecule has 1 heterocycles. The van der Waals surface area contributed by atoms with Gasteiger partial charge in [-0.15, -0.1) is 0 Å². The highest BCUT2D eigenvalue weighted by Crippen LogP contribution is 2.34. The molecule has 2 rings (SSSR count). The largest absolute Gasteiger partial charge is 0.382 e. The minimum Gasteiger partial charge on any atom is -0.382 e. The van der Waals surface area contributed by atoms with Crippen molar-refractivity contribution in [2.45, 2.75) is 19.8 Å². The SMILES string of the molecule is CC(C)c1c(N)nn(C)c1-c1ccccc1F. The standard InChI is InChI=1S/C13H16FN3/c1-8(2)11-12(17(3)16-13(11)15)9-6-4-5-7-10(9)14/h4-8H,1-3H3,(H2,15,16). The van der Waals surface area contributed by atoms with E-state index in [1.165, 1.54) is 6.07 Å². The van der Waals surface area contributed by atoms with Crippen molar-refractivity contribution in [2.75, 3.05) is 5.73 Å². The zero-order chi connectivity index (χ0) is 12.6. The van der Waals surface area contributed by atoms with Gasteiger partial charge in [-0.3, -0.25) is 4.68 Å². The third kappa shape index (κ3) is 1.90. The van der Waals surface area contributed by atoms with E-state index in [0.717, 1.165) is 11.3 Å². The van der Waals surface area contributed by atoms with Crippen molar-refractivity contribution >= 4 is 5.82 Å². The Kier molecular flexibility index (Phi) is 2.88. The quantitative estimate of drug-likeness (QED) is 0.866. The van der Waals surface area contributed by atoms with E-state index in [9.17, 15) is 4.39 Å². The summed E-state index contributed by atoms with van der Waals surface area (Å²) < 4.78 is 15.5. The summed E-state index contributed by atoms with van der Waals surface area (Å²) in [7, 11) is 1.78. The molecule has 0 fully saturated rings. The Bertz CT molecular complexity index is 544. The van der Waals surface area contributed by atoms with E-state index in [4.69, 9.17) is 5.73 Å². The Balaban J connectivity index is 2.71. The highest BCUT2D eigenvalue weighted by Gasteiger charge is 2.20. The Morgan fingerprint density at radius 3 is 2.53 bits per heavy atom. The van der Waals surface area contributed by atoms with E-state index in [-0.39, 0.29) is 11.7 Å². The van der Waals surface area contributed by atoms with Crippen LogP contribution in [0.1, 0.15) is 25.3 Å². The number of aromatic nitrogens is 2. The van der Waals surface area contributed by atoms with Crippen molar-refractivity contribution < 1.29 is 4.39 Å². The number of rotatable bonds is 2. The Labute approximate surface area is 100 Å². The minimum atomic E-state index is -0.252. The predicted octanol–water partition coefficient (Wildman–Crippen LogP) is 2.93. The maximum absolute atomic E-state index is 13.8. The second kappa shape index (κ2) is 4.20.